The van der Waals surface area contributed by atoms with E-state index in [1.165, 1.54) is 12.8 Å². The van der Waals surface area contributed by atoms with Gasteiger partial charge in [0.05, 0.1) is 18.0 Å². The first-order valence-electron chi connectivity index (χ1n) is 8.64. The van der Waals surface area contributed by atoms with Crippen LogP contribution in [0.15, 0.2) is 24.3 Å². The molecule has 134 valence electrons. The van der Waals surface area contributed by atoms with E-state index in [9.17, 15) is 4.79 Å². The first-order valence-corrected chi connectivity index (χ1v) is 8.64. The third-order valence-corrected chi connectivity index (χ3v) is 4.22. The molecule has 1 fully saturated rings. The molecule has 0 saturated carbocycles. The molecular weight excluding hydrogens is 306 g/mol. The van der Waals surface area contributed by atoms with E-state index in [-0.39, 0.29) is 6.03 Å². The van der Waals surface area contributed by atoms with Crippen molar-refractivity contribution >= 4 is 17.4 Å². The number of benzene rings is 1. The van der Waals surface area contributed by atoms with Crippen molar-refractivity contribution in [2.45, 2.75) is 19.3 Å². The summed E-state index contributed by atoms with van der Waals surface area (Å²) in [6.07, 6.45) is 3.22. The van der Waals surface area contributed by atoms with Gasteiger partial charge in [-0.15, -0.1) is 0 Å². The third kappa shape index (κ3) is 5.39. The summed E-state index contributed by atoms with van der Waals surface area (Å²) in [5, 5.41) is 3.07. The lowest BCUT2D eigenvalue weighted by Gasteiger charge is -2.25. The fraction of sp³-hybridized carbons (Fsp3) is 0.611. The molecule has 24 heavy (non-hydrogen) atoms. The molecule has 0 bridgehead atoms. The first kappa shape index (κ1) is 18.5. The Morgan fingerprint density at radius 1 is 1.12 bits per heavy atom. The van der Waals surface area contributed by atoms with Crippen molar-refractivity contribution in [3.63, 3.8) is 0 Å². The number of methoxy groups -OCH3 is 2. The second kappa shape index (κ2) is 10.2. The fourth-order valence-electron chi connectivity index (χ4n) is 2.92. The second-order valence-electron chi connectivity index (χ2n) is 5.97. The minimum Gasteiger partial charge on any atom is -0.385 e. The van der Waals surface area contributed by atoms with Gasteiger partial charge >= 0.3 is 6.03 Å². The molecule has 0 atom stereocenters. The number of para-hydroxylation sites is 2. The molecule has 0 spiro atoms. The normalized spacial score (nSPS) is 14.0. The van der Waals surface area contributed by atoms with Crippen molar-refractivity contribution in [3.05, 3.63) is 24.3 Å². The number of ether oxygens (including phenoxy) is 2. The maximum Gasteiger partial charge on any atom is 0.321 e. The molecule has 0 unspecified atom stereocenters. The number of urea groups is 1. The second-order valence-corrected chi connectivity index (χ2v) is 5.97. The van der Waals surface area contributed by atoms with Crippen LogP contribution in [0.2, 0.25) is 0 Å². The first-order chi connectivity index (χ1) is 11.8. The maximum atomic E-state index is 12.7. The van der Waals surface area contributed by atoms with Gasteiger partial charge in [0.25, 0.3) is 0 Å². The molecule has 1 aliphatic rings. The van der Waals surface area contributed by atoms with Crippen LogP contribution in [0.4, 0.5) is 16.2 Å². The number of anilines is 2. The van der Waals surface area contributed by atoms with E-state index < -0.39 is 0 Å². The highest BCUT2D eigenvalue weighted by Crippen LogP contribution is 2.28. The Labute approximate surface area is 144 Å². The van der Waals surface area contributed by atoms with Gasteiger partial charge in [0, 0.05) is 47.0 Å². The SMILES string of the molecule is COCCCN(CCOC)C(=O)Nc1ccccc1N1CCCC1. The van der Waals surface area contributed by atoms with Crippen molar-refractivity contribution < 1.29 is 14.3 Å². The smallest absolute Gasteiger partial charge is 0.321 e. The molecule has 6 nitrogen and oxygen atoms in total. The topological polar surface area (TPSA) is 54.0 Å². The van der Waals surface area contributed by atoms with Gasteiger partial charge in [0.1, 0.15) is 0 Å². The summed E-state index contributed by atoms with van der Waals surface area (Å²) in [5.41, 5.74) is 1.98. The van der Waals surface area contributed by atoms with Crippen molar-refractivity contribution in [3.8, 4) is 0 Å². The largest absolute Gasteiger partial charge is 0.385 e. The Morgan fingerprint density at radius 2 is 1.83 bits per heavy atom. The van der Waals surface area contributed by atoms with Crippen LogP contribution in [0, 0.1) is 0 Å². The predicted octanol–water partition coefficient (Wildman–Crippen LogP) is 2.80. The molecule has 6 heteroatoms. The van der Waals surface area contributed by atoms with Crippen LogP contribution in [0.1, 0.15) is 19.3 Å². The Morgan fingerprint density at radius 3 is 2.54 bits per heavy atom. The summed E-state index contributed by atoms with van der Waals surface area (Å²) in [5.74, 6) is 0. The summed E-state index contributed by atoms with van der Waals surface area (Å²) < 4.78 is 10.2. The highest BCUT2D eigenvalue weighted by atomic mass is 16.5. The van der Waals surface area contributed by atoms with Crippen LogP contribution in [0.5, 0.6) is 0 Å². The van der Waals surface area contributed by atoms with Crippen LogP contribution in [0.25, 0.3) is 0 Å². The maximum absolute atomic E-state index is 12.7. The van der Waals surface area contributed by atoms with Gasteiger partial charge in [0.2, 0.25) is 0 Å². The zero-order valence-electron chi connectivity index (χ0n) is 14.8. The van der Waals surface area contributed by atoms with E-state index in [0.717, 1.165) is 30.9 Å². The Kier molecular flexibility index (Phi) is 7.85. The Bertz CT molecular complexity index is 504. The Hall–Kier alpha value is -1.79. The number of amides is 2. The van der Waals surface area contributed by atoms with E-state index in [2.05, 4.69) is 16.3 Å². The van der Waals surface area contributed by atoms with Gasteiger partial charge in [-0.3, -0.25) is 0 Å². The predicted molar refractivity (Wildman–Crippen MR) is 96.8 cm³/mol. The van der Waals surface area contributed by atoms with Crippen molar-refractivity contribution in [1.82, 2.24) is 4.90 Å². The van der Waals surface area contributed by atoms with E-state index in [4.69, 9.17) is 9.47 Å². The van der Waals surface area contributed by atoms with Gasteiger partial charge in [-0.1, -0.05) is 12.1 Å². The lowest BCUT2D eigenvalue weighted by atomic mass is 10.2. The minimum absolute atomic E-state index is 0.0881. The molecule has 2 amide bonds. The van der Waals surface area contributed by atoms with Gasteiger partial charge in [-0.05, 0) is 31.4 Å². The van der Waals surface area contributed by atoms with E-state index in [1.807, 2.05) is 18.2 Å². The molecule has 2 rings (SSSR count). The van der Waals surface area contributed by atoms with Crippen molar-refractivity contribution in [2.24, 2.45) is 0 Å². The summed E-state index contributed by atoms with van der Waals surface area (Å²) in [7, 11) is 3.32. The number of nitrogens with zero attached hydrogens (tertiary/aromatic N) is 2. The zero-order valence-corrected chi connectivity index (χ0v) is 14.8. The molecule has 1 aliphatic heterocycles. The van der Waals surface area contributed by atoms with Crippen molar-refractivity contribution in [1.29, 1.82) is 0 Å². The summed E-state index contributed by atoms with van der Waals surface area (Å²) in [6, 6.07) is 7.93. The highest BCUT2D eigenvalue weighted by Gasteiger charge is 2.18. The lowest BCUT2D eigenvalue weighted by Crippen LogP contribution is -2.38. The van der Waals surface area contributed by atoms with Crippen molar-refractivity contribution in [2.75, 3.05) is 63.8 Å². The monoisotopic (exact) mass is 335 g/mol. The standard InChI is InChI=1S/C18H29N3O3/c1-23-14-7-12-21(13-15-24-2)18(22)19-16-8-3-4-9-17(16)20-10-5-6-11-20/h3-4,8-9H,5-7,10-15H2,1-2H3,(H,19,22). The average molecular weight is 335 g/mol. The van der Waals surface area contributed by atoms with Crippen LogP contribution in [0.3, 0.4) is 0 Å². The summed E-state index contributed by atoms with van der Waals surface area (Å²) in [4.78, 5) is 16.8. The number of rotatable bonds is 9. The zero-order chi connectivity index (χ0) is 17.2. The summed E-state index contributed by atoms with van der Waals surface area (Å²) in [6.45, 7) is 4.48. The quantitative estimate of drug-likeness (QED) is 0.705. The molecule has 0 aliphatic carbocycles. The molecule has 0 radical (unpaired) electrons. The molecule has 0 aromatic heterocycles. The fourth-order valence-corrected chi connectivity index (χ4v) is 2.92. The van der Waals surface area contributed by atoms with E-state index >= 15 is 0 Å². The van der Waals surface area contributed by atoms with Gasteiger partial charge < -0.3 is 24.6 Å². The molecular formula is C18H29N3O3. The summed E-state index contributed by atoms with van der Waals surface area (Å²) >= 11 is 0. The van der Waals surface area contributed by atoms with E-state index in [1.54, 1.807) is 19.1 Å². The van der Waals surface area contributed by atoms with Crippen LogP contribution in [-0.2, 0) is 9.47 Å². The number of nitrogens with one attached hydrogen (secondary N) is 1. The number of hydrogen-bond donors (Lipinski definition) is 1. The van der Waals surface area contributed by atoms with Crippen LogP contribution >= 0.6 is 0 Å². The molecule has 1 heterocycles. The van der Waals surface area contributed by atoms with Crippen LogP contribution in [-0.4, -0.2) is 64.5 Å². The lowest BCUT2D eigenvalue weighted by molar-refractivity contribution is 0.143. The number of carbonyl (C=O) groups is 1. The van der Waals surface area contributed by atoms with Gasteiger partial charge in [-0.2, -0.15) is 0 Å². The molecule has 1 saturated heterocycles. The van der Waals surface area contributed by atoms with Gasteiger partial charge in [-0.25, -0.2) is 4.79 Å². The van der Waals surface area contributed by atoms with E-state index in [0.29, 0.717) is 26.3 Å². The highest BCUT2D eigenvalue weighted by molar-refractivity contribution is 5.93. The number of hydrogen-bond acceptors (Lipinski definition) is 4. The number of carbonyl (C=O) groups excluding carboxylic acids is 1. The average Bonchev–Trinajstić information content (AvgIpc) is 3.13. The molecule has 1 aromatic carbocycles. The third-order valence-electron chi connectivity index (χ3n) is 4.22. The van der Waals surface area contributed by atoms with Gasteiger partial charge in [0.15, 0.2) is 0 Å². The Balaban J connectivity index is 2.02. The molecule has 1 N–H and O–H groups in total. The van der Waals surface area contributed by atoms with Crippen LogP contribution < -0.4 is 10.2 Å². The molecule has 1 aromatic rings. The minimum atomic E-state index is -0.0881.